The SMILES string of the molecule is C[C@H]1[C@@H](c2ccc(F)c(F)c2OC[C@H]2CCO2)[C@H](C(=O)Nc2ccnc(C(N)=O)c2)O[C@@]1(C)C(F)(F)F. The molecule has 8 nitrogen and oxygen atoms in total. The second-order valence-corrected chi connectivity index (χ2v) is 9.11. The van der Waals surface area contributed by atoms with E-state index in [4.69, 9.17) is 19.9 Å². The lowest BCUT2D eigenvalue weighted by atomic mass is 9.77. The van der Waals surface area contributed by atoms with Gasteiger partial charge in [0.1, 0.15) is 18.4 Å². The number of hydrogen-bond donors (Lipinski definition) is 2. The summed E-state index contributed by atoms with van der Waals surface area (Å²) in [4.78, 5) is 28.4. The number of nitrogens with two attached hydrogens (primary N) is 1. The number of carbonyl (C=O) groups is 2. The van der Waals surface area contributed by atoms with Crippen LogP contribution in [0.3, 0.4) is 0 Å². The van der Waals surface area contributed by atoms with Crippen molar-refractivity contribution >= 4 is 17.5 Å². The van der Waals surface area contributed by atoms with Crippen LogP contribution in [-0.4, -0.2) is 54.0 Å². The quantitative estimate of drug-likeness (QED) is 0.529. The molecule has 0 unspecified atom stereocenters. The van der Waals surface area contributed by atoms with E-state index in [-0.39, 0.29) is 29.7 Å². The predicted molar refractivity (Wildman–Crippen MR) is 119 cm³/mol. The summed E-state index contributed by atoms with van der Waals surface area (Å²) in [5.74, 6) is -7.99. The minimum absolute atomic E-state index is 0.0216. The number of primary amides is 1. The van der Waals surface area contributed by atoms with Gasteiger partial charge in [-0.05, 0) is 25.1 Å². The average molecular weight is 529 g/mol. The molecule has 0 spiro atoms. The summed E-state index contributed by atoms with van der Waals surface area (Å²) in [6.45, 7) is 2.32. The van der Waals surface area contributed by atoms with E-state index >= 15 is 0 Å². The molecule has 3 heterocycles. The molecule has 2 aromatic rings. The molecule has 2 aliphatic heterocycles. The molecule has 200 valence electrons. The lowest BCUT2D eigenvalue weighted by Gasteiger charge is -2.32. The number of anilines is 1. The third-order valence-corrected chi connectivity index (χ3v) is 6.85. The number of pyridine rings is 1. The molecule has 0 bridgehead atoms. The number of ether oxygens (including phenoxy) is 3. The molecule has 0 aliphatic carbocycles. The average Bonchev–Trinajstić information content (AvgIpc) is 3.08. The Hall–Kier alpha value is -3.32. The lowest BCUT2D eigenvalue weighted by Crippen LogP contribution is -2.47. The Morgan fingerprint density at radius 2 is 1.97 bits per heavy atom. The van der Waals surface area contributed by atoms with Crippen LogP contribution in [0, 0.1) is 17.6 Å². The second-order valence-electron chi connectivity index (χ2n) is 9.11. The molecule has 0 radical (unpaired) electrons. The summed E-state index contributed by atoms with van der Waals surface area (Å²) in [6, 6.07) is 4.27. The summed E-state index contributed by atoms with van der Waals surface area (Å²) in [7, 11) is 0. The van der Waals surface area contributed by atoms with E-state index in [1.165, 1.54) is 19.2 Å². The first-order valence-electron chi connectivity index (χ1n) is 11.4. The number of hydrogen-bond acceptors (Lipinski definition) is 6. The third kappa shape index (κ3) is 4.97. The molecule has 1 aromatic carbocycles. The van der Waals surface area contributed by atoms with Crippen LogP contribution in [0.2, 0.25) is 0 Å². The predicted octanol–water partition coefficient (Wildman–Crippen LogP) is 3.70. The number of carbonyl (C=O) groups excluding carboxylic acids is 2. The number of benzene rings is 1. The topological polar surface area (TPSA) is 113 Å². The summed E-state index contributed by atoms with van der Waals surface area (Å²) in [5, 5.41) is 2.39. The van der Waals surface area contributed by atoms with Gasteiger partial charge in [0, 0.05) is 42.3 Å². The van der Waals surface area contributed by atoms with E-state index in [1.807, 2.05) is 0 Å². The normalized spacial score (nSPS) is 27.4. The molecule has 2 saturated heterocycles. The second kappa shape index (κ2) is 9.86. The molecule has 37 heavy (non-hydrogen) atoms. The maximum Gasteiger partial charge on any atom is 0.417 e. The van der Waals surface area contributed by atoms with Crippen molar-refractivity contribution < 1.29 is 45.8 Å². The highest BCUT2D eigenvalue weighted by molar-refractivity contribution is 5.97. The van der Waals surface area contributed by atoms with Crippen molar-refractivity contribution in [2.24, 2.45) is 11.7 Å². The molecule has 5 atom stereocenters. The number of halogens is 5. The van der Waals surface area contributed by atoms with Gasteiger partial charge >= 0.3 is 6.18 Å². The Morgan fingerprint density at radius 1 is 1.27 bits per heavy atom. The zero-order valence-corrected chi connectivity index (χ0v) is 19.8. The van der Waals surface area contributed by atoms with Gasteiger partial charge in [0.05, 0.1) is 6.10 Å². The third-order valence-electron chi connectivity index (χ3n) is 6.85. The number of rotatable bonds is 7. The van der Waals surface area contributed by atoms with Crippen molar-refractivity contribution in [1.29, 1.82) is 0 Å². The fourth-order valence-corrected chi connectivity index (χ4v) is 4.43. The smallest absolute Gasteiger partial charge is 0.417 e. The van der Waals surface area contributed by atoms with Gasteiger partial charge in [-0.25, -0.2) is 4.39 Å². The zero-order chi connectivity index (χ0) is 27.1. The fraction of sp³-hybridized carbons (Fsp3) is 0.458. The Kier molecular flexibility index (Phi) is 7.12. The van der Waals surface area contributed by atoms with Gasteiger partial charge in [0.25, 0.3) is 11.8 Å². The number of nitrogens with zero attached hydrogens (tertiary/aromatic N) is 1. The van der Waals surface area contributed by atoms with E-state index in [0.29, 0.717) is 13.0 Å². The van der Waals surface area contributed by atoms with Crippen LogP contribution >= 0.6 is 0 Å². The molecular formula is C24H24F5N3O5. The van der Waals surface area contributed by atoms with E-state index in [2.05, 4.69) is 10.3 Å². The zero-order valence-electron chi connectivity index (χ0n) is 19.8. The standard InChI is InChI=1S/C24H24F5N3O5/c1-11-17(14-3-4-15(25)18(26)19(14)36-10-13-6-8-35-13)20(37-23(11,2)24(27,28)29)22(34)32-12-5-7-31-16(9-12)21(30)33/h3-5,7,9,11,13,17,20H,6,8,10H2,1-2H3,(H2,30,33)(H,31,32,34)/t11-,13+,17-,20+,23+/m0/s1. The molecule has 2 fully saturated rings. The van der Waals surface area contributed by atoms with Gasteiger partial charge in [-0.3, -0.25) is 14.6 Å². The van der Waals surface area contributed by atoms with Crippen molar-refractivity contribution in [3.8, 4) is 5.75 Å². The van der Waals surface area contributed by atoms with Gasteiger partial charge in [0.2, 0.25) is 5.82 Å². The Balaban J connectivity index is 1.74. The molecular weight excluding hydrogens is 505 g/mol. The molecule has 1 aromatic heterocycles. The largest absolute Gasteiger partial charge is 0.487 e. The van der Waals surface area contributed by atoms with E-state index < -0.39 is 58.9 Å². The number of amides is 2. The molecule has 0 saturated carbocycles. The van der Waals surface area contributed by atoms with E-state index in [9.17, 15) is 31.5 Å². The van der Waals surface area contributed by atoms with Crippen LogP contribution < -0.4 is 15.8 Å². The molecule has 2 aliphatic rings. The Bertz CT molecular complexity index is 1210. The molecule has 2 amide bonds. The number of aromatic nitrogens is 1. The number of nitrogens with one attached hydrogen (secondary N) is 1. The fourth-order valence-electron chi connectivity index (χ4n) is 4.43. The van der Waals surface area contributed by atoms with Crippen LogP contribution in [0.25, 0.3) is 0 Å². The Morgan fingerprint density at radius 3 is 2.57 bits per heavy atom. The van der Waals surface area contributed by atoms with Crippen LogP contribution in [0.4, 0.5) is 27.6 Å². The van der Waals surface area contributed by atoms with Crippen LogP contribution in [0.1, 0.15) is 42.2 Å². The van der Waals surface area contributed by atoms with Crippen molar-refractivity contribution in [2.45, 2.75) is 50.2 Å². The highest BCUT2D eigenvalue weighted by atomic mass is 19.4. The first kappa shape index (κ1) is 26.7. The first-order chi connectivity index (χ1) is 17.3. The maximum atomic E-state index is 14.9. The van der Waals surface area contributed by atoms with Crippen LogP contribution in [0.5, 0.6) is 5.75 Å². The van der Waals surface area contributed by atoms with Gasteiger partial charge < -0.3 is 25.3 Å². The van der Waals surface area contributed by atoms with Gasteiger partial charge in [-0.1, -0.05) is 13.0 Å². The van der Waals surface area contributed by atoms with Gasteiger partial charge in [-0.15, -0.1) is 0 Å². The Labute approximate surface area is 208 Å². The highest BCUT2D eigenvalue weighted by Crippen LogP contribution is 2.55. The van der Waals surface area contributed by atoms with Crippen molar-refractivity contribution in [3.05, 3.63) is 53.4 Å². The summed E-state index contributed by atoms with van der Waals surface area (Å²) in [5.41, 5.74) is 2.05. The maximum absolute atomic E-state index is 14.9. The van der Waals surface area contributed by atoms with Crippen molar-refractivity contribution in [3.63, 3.8) is 0 Å². The summed E-state index contributed by atoms with van der Waals surface area (Å²) < 4.78 is 87.5. The van der Waals surface area contributed by atoms with Crippen LogP contribution in [-0.2, 0) is 14.3 Å². The number of alkyl halides is 3. The summed E-state index contributed by atoms with van der Waals surface area (Å²) in [6.07, 6.45) is -5.28. The van der Waals surface area contributed by atoms with E-state index in [1.54, 1.807) is 0 Å². The van der Waals surface area contributed by atoms with E-state index in [0.717, 1.165) is 25.1 Å². The van der Waals surface area contributed by atoms with Gasteiger partial charge in [-0.2, -0.15) is 17.6 Å². The highest BCUT2D eigenvalue weighted by Gasteiger charge is 2.66. The monoisotopic (exact) mass is 529 g/mol. The van der Waals surface area contributed by atoms with Crippen molar-refractivity contribution in [1.82, 2.24) is 4.98 Å². The summed E-state index contributed by atoms with van der Waals surface area (Å²) >= 11 is 0. The minimum atomic E-state index is -4.91. The molecule has 3 N–H and O–H groups in total. The minimum Gasteiger partial charge on any atom is -0.487 e. The molecule has 4 rings (SSSR count). The van der Waals surface area contributed by atoms with Gasteiger partial charge in [0.15, 0.2) is 17.2 Å². The van der Waals surface area contributed by atoms with Crippen LogP contribution in [0.15, 0.2) is 30.5 Å². The molecule has 13 heteroatoms. The lowest BCUT2D eigenvalue weighted by molar-refractivity contribution is -0.272. The van der Waals surface area contributed by atoms with Crippen molar-refractivity contribution in [2.75, 3.05) is 18.5 Å². The first-order valence-corrected chi connectivity index (χ1v) is 11.4.